The minimum Gasteiger partial charge on any atom is -0.299 e. The molecule has 1 aliphatic rings. The summed E-state index contributed by atoms with van der Waals surface area (Å²) in [5.41, 5.74) is 1.43. The van der Waals surface area contributed by atoms with Gasteiger partial charge in [-0.1, -0.05) is 30.3 Å². The second-order valence-electron chi connectivity index (χ2n) is 4.39. The summed E-state index contributed by atoms with van der Waals surface area (Å²) in [5, 5.41) is 0. The third-order valence-corrected chi connectivity index (χ3v) is 3.73. The van der Waals surface area contributed by atoms with Crippen molar-refractivity contribution in [3.63, 3.8) is 0 Å². The van der Waals surface area contributed by atoms with Gasteiger partial charge in [0.1, 0.15) is 0 Å². The van der Waals surface area contributed by atoms with Gasteiger partial charge in [-0.3, -0.25) is 4.90 Å². The maximum Gasteiger partial charge on any atom is 0.0233 e. The van der Waals surface area contributed by atoms with Gasteiger partial charge in [0.25, 0.3) is 0 Å². The molecule has 15 heavy (non-hydrogen) atoms. The lowest BCUT2D eigenvalue weighted by atomic mass is 9.98. The smallest absolute Gasteiger partial charge is 0.0233 e. The Morgan fingerprint density at radius 1 is 1.13 bits per heavy atom. The molecule has 1 aromatic carbocycles. The monoisotopic (exact) mass is 221 g/mol. The first-order valence-electron chi connectivity index (χ1n) is 5.75. The van der Waals surface area contributed by atoms with Crippen LogP contribution in [0.1, 0.15) is 18.4 Å². The van der Waals surface area contributed by atoms with Gasteiger partial charge in [0.15, 0.2) is 0 Å². The minimum absolute atomic E-state index is 0.848. The van der Waals surface area contributed by atoms with E-state index < -0.39 is 0 Å². The van der Waals surface area contributed by atoms with Crippen LogP contribution in [0, 0.1) is 5.92 Å². The number of nitrogens with zero attached hydrogens (tertiary/aromatic N) is 1. The van der Waals surface area contributed by atoms with Crippen LogP contribution in [0.15, 0.2) is 30.3 Å². The van der Waals surface area contributed by atoms with E-state index >= 15 is 0 Å². The van der Waals surface area contributed by atoms with E-state index in [2.05, 4.69) is 47.9 Å². The first kappa shape index (κ1) is 11.0. The summed E-state index contributed by atoms with van der Waals surface area (Å²) in [5.74, 6) is 1.90. The quantitative estimate of drug-likeness (QED) is 0.768. The Labute approximate surface area is 97.9 Å². The minimum atomic E-state index is 0.848. The Morgan fingerprint density at radius 3 is 2.40 bits per heavy atom. The molecule has 2 rings (SSSR count). The number of likely N-dealkylation sites (tertiary alicyclic amines) is 1. The standard InChI is InChI=1S/C13H19NS/c15-11-13-6-8-14(9-7-13)10-12-4-2-1-3-5-12/h1-5,13,15H,6-11H2. The molecular weight excluding hydrogens is 202 g/mol. The van der Waals surface area contributed by atoms with Gasteiger partial charge in [0.05, 0.1) is 0 Å². The summed E-state index contributed by atoms with van der Waals surface area (Å²) in [6.07, 6.45) is 2.63. The van der Waals surface area contributed by atoms with E-state index in [0.29, 0.717) is 0 Å². The second kappa shape index (κ2) is 5.57. The highest BCUT2D eigenvalue weighted by molar-refractivity contribution is 7.80. The van der Waals surface area contributed by atoms with E-state index in [4.69, 9.17) is 0 Å². The average Bonchev–Trinajstić information content (AvgIpc) is 2.31. The molecule has 0 atom stereocenters. The maximum absolute atomic E-state index is 4.37. The SMILES string of the molecule is SCC1CCN(Cc2ccccc2)CC1. The van der Waals surface area contributed by atoms with Crippen molar-refractivity contribution in [2.75, 3.05) is 18.8 Å². The van der Waals surface area contributed by atoms with Crippen LogP contribution in [0.4, 0.5) is 0 Å². The van der Waals surface area contributed by atoms with Gasteiger partial charge in [-0.05, 0) is 43.2 Å². The Balaban J connectivity index is 1.82. The fourth-order valence-corrected chi connectivity index (χ4v) is 2.53. The van der Waals surface area contributed by atoms with Gasteiger partial charge in [-0.15, -0.1) is 0 Å². The molecule has 1 saturated heterocycles. The molecule has 0 saturated carbocycles. The average molecular weight is 221 g/mol. The molecular formula is C13H19NS. The predicted octanol–water partition coefficient (Wildman–Crippen LogP) is 2.83. The predicted molar refractivity (Wildman–Crippen MR) is 68.3 cm³/mol. The van der Waals surface area contributed by atoms with Crippen molar-refractivity contribution in [1.29, 1.82) is 0 Å². The van der Waals surface area contributed by atoms with Crippen LogP contribution >= 0.6 is 12.6 Å². The van der Waals surface area contributed by atoms with Gasteiger partial charge in [0, 0.05) is 6.54 Å². The molecule has 0 bridgehead atoms. The summed E-state index contributed by atoms with van der Waals surface area (Å²) >= 11 is 4.37. The normalized spacial score (nSPS) is 19.3. The van der Waals surface area contributed by atoms with Crippen molar-refractivity contribution in [3.05, 3.63) is 35.9 Å². The van der Waals surface area contributed by atoms with Crippen LogP contribution in [0.5, 0.6) is 0 Å². The molecule has 1 nitrogen and oxygen atoms in total. The zero-order valence-electron chi connectivity index (χ0n) is 9.10. The Hall–Kier alpha value is -0.470. The third kappa shape index (κ3) is 3.25. The number of rotatable bonds is 3. The van der Waals surface area contributed by atoms with Crippen molar-refractivity contribution in [2.45, 2.75) is 19.4 Å². The van der Waals surface area contributed by atoms with E-state index in [1.54, 1.807) is 0 Å². The summed E-state index contributed by atoms with van der Waals surface area (Å²) in [4.78, 5) is 2.55. The molecule has 1 fully saturated rings. The van der Waals surface area contributed by atoms with E-state index in [9.17, 15) is 0 Å². The molecule has 2 heteroatoms. The zero-order chi connectivity index (χ0) is 10.5. The molecule has 0 aliphatic carbocycles. The first-order chi connectivity index (χ1) is 7.38. The van der Waals surface area contributed by atoms with Gasteiger partial charge >= 0.3 is 0 Å². The van der Waals surface area contributed by atoms with Gasteiger partial charge in [-0.25, -0.2) is 0 Å². The maximum atomic E-state index is 4.37. The molecule has 0 N–H and O–H groups in total. The lowest BCUT2D eigenvalue weighted by Crippen LogP contribution is -2.33. The highest BCUT2D eigenvalue weighted by atomic mass is 32.1. The molecule has 1 aromatic rings. The van der Waals surface area contributed by atoms with Crippen molar-refractivity contribution in [1.82, 2.24) is 4.90 Å². The summed E-state index contributed by atoms with van der Waals surface area (Å²) in [6, 6.07) is 10.7. The molecule has 0 spiro atoms. The van der Waals surface area contributed by atoms with E-state index in [-0.39, 0.29) is 0 Å². The van der Waals surface area contributed by atoms with Gasteiger partial charge < -0.3 is 0 Å². The fraction of sp³-hybridized carbons (Fsp3) is 0.538. The number of hydrogen-bond acceptors (Lipinski definition) is 2. The third-order valence-electron chi connectivity index (χ3n) is 3.21. The number of hydrogen-bond donors (Lipinski definition) is 1. The highest BCUT2D eigenvalue weighted by Gasteiger charge is 2.17. The molecule has 0 unspecified atom stereocenters. The highest BCUT2D eigenvalue weighted by Crippen LogP contribution is 2.19. The Kier molecular flexibility index (Phi) is 4.09. The lowest BCUT2D eigenvalue weighted by Gasteiger charge is -2.31. The van der Waals surface area contributed by atoms with Crippen molar-refractivity contribution in [3.8, 4) is 0 Å². The molecule has 1 aliphatic heterocycles. The van der Waals surface area contributed by atoms with E-state index in [1.165, 1.54) is 31.5 Å². The zero-order valence-corrected chi connectivity index (χ0v) is 10.00. The van der Waals surface area contributed by atoms with Crippen LogP contribution in [-0.4, -0.2) is 23.7 Å². The van der Waals surface area contributed by atoms with Crippen LogP contribution in [0.2, 0.25) is 0 Å². The van der Waals surface area contributed by atoms with Crippen LogP contribution in [-0.2, 0) is 6.54 Å². The van der Waals surface area contributed by atoms with Crippen LogP contribution in [0.25, 0.3) is 0 Å². The van der Waals surface area contributed by atoms with Crippen molar-refractivity contribution >= 4 is 12.6 Å². The molecule has 0 radical (unpaired) electrons. The number of thiol groups is 1. The van der Waals surface area contributed by atoms with E-state index in [1.807, 2.05) is 0 Å². The summed E-state index contributed by atoms with van der Waals surface area (Å²) in [6.45, 7) is 3.58. The number of benzene rings is 1. The summed E-state index contributed by atoms with van der Waals surface area (Å²) < 4.78 is 0. The Bertz CT molecular complexity index is 278. The topological polar surface area (TPSA) is 3.24 Å². The second-order valence-corrected chi connectivity index (χ2v) is 4.75. The molecule has 1 heterocycles. The molecule has 0 aromatic heterocycles. The van der Waals surface area contributed by atoms with Crippen molar-refractivity contribution in [2.24, 2.45) is 5.92 Å². The fourth-order valence-electron chi connectivity index (χ4n) is 2.17. The lowest BCUT2D eigenvalue weighted by molar-refractivity contribution is 0.187. The molecule has 82 valence electrons. The summed E-state index contributed by atoms with van der Waals surface area (Å²) in [7, 11) is 0. The van der Waals surface area contributed by atoms with E-state index in [0.717, 1.165) is 18.2 Å². The van der Waals surface area contributed by atoms with Gasteiger partial charge in [0.2, 0.25) is 0 Å². The number of piperidine rings is 1. The van der Waals surface area contributed by atoms with Crippen molar-refractivity contribution < 1.29 is 0 Å². The van der Waals surface area contributed by atoms with Gasteiger partial charge in [-0.2, -0.15) is 12.6 Å². The van der Waals surface area contributed by atoms with Crippen LogP contribution in [0.3, 0.4) is 0 Å². The Morgan fingerprint density at radius 2 is 1.80 bits per heavy atom. The molecule has 0 amide bonds. The first-order valence-corrected chi connectivity index (χ1v) is 6.39. The largest absolute Gasteiger partial charge is 0.299 e. The van der Waals surface area contributed by atoms with Crippen LogP contribution < -0.4 is 0 Å².